The number of aromatic nitrogens is 4. The third kappa shape index (κ3) is 11.1. The van der Waals surface area contributed by atoms with Crippen LogP contribution in [0.15, 0.2) is 103 Å². The smallest absolute Gasteiger partial charge is 0.186 e. The topological polar surface area (TPSA) is 74.4 Å². The van der Waals surface area contributed by atoms with E-state index in [4.69, 9.17) is 9.97 Å². The van der Waals surface area contributed by atoms with E-state index < -0.39 is 0 Å². The van der Waals surface area contributed by atoms with Gasteiger partial charge in [-0.05, 0) is 197 Å². The number of allylic oxidation sites excluding steroid dienone is 4. The molecule has 0 saturated heterocycles. The molecule has 0 amide bonds. The number of rotatable bonds is 8. The largest absolute Gasteiger partial charge is 0.354 e. The van der Waals surface area contributed by atoms with Gasteiger partial charge in [-0.1, -0.05) is 147 Å². The van der Waals surface area contributed by atoms with Gasteiger partial charge in [-0.25, -0.2) is 9.97 Å². The van der Waals surface area contributed by atoms with Crippen molar-refractivity contribution >= 4 is 61.2 Å². The van der Waals surface area contributed by atoms with Crippen LogP contribution in [-0.2, 0) is 34.2 Å². The lowest BCUT2D eigenvalue weighted by Gasteiger charge is -2.26. The molecule has 5 heterocycles. The van der Waals surface area contributed by atoms with Gasteiger partial charge in [0.1, 0.15) is 0 Å². The Morgan fingerprint density at radius 2 is 0.896 bits per heavy atom. The Hall–Kier alpha value is -7.38. The first-order valence-corrected chi connectivity index (χ1v) is 28.5. The summed E-state index contributed by atoms with van der Waals surface area (Å²) in [6, 6.07) is 36.8. The Labute approximate surface area is 462 Å². The molecule has 0 radical (unpaired) electrons. The van der Waals surface area contributed by atoms with Crippen LogP contribution < -0.4 is 0 Å². The molecule has 8 bridgehead atoms. The molecule has 0 aliphatic carbocycles. The Morgan fingerprint density at radius 3 is 1.26 bits per heavy atom. The standard InChI is InChI=1S/C71H74N4OS/c1-16-56-42(5)66-64(52-34-32-50(33-35-52)27-26-48-22-20-47(21-23-48)24-25-49-28-30-51(31-29-49)41-77-46(9)76)67-43(6)57(17-2)61(73-67)40-63-59(19-4)45(8)69(75-63)65(68-44(7)58(18-3)62(74-68)39-60(56)72-66)53-36-54(70(10,11)12)38-55(37-53)71(13,14)15/h20-23,28-40,74-75H,16-19,41H2,1-15H3. The second kappa shape index (κ2) is 21.9. The molecule has 0 unspecified atom stereocenters. The Morgan fingerprint density at radius 1 is 0.506 bits per heavy atom. The van der Waals surface area contributed by atoms with E-state index in [1.165, 1.54) is 78.6 Å². The summed E-state index contributed by atoms with van der Waals surface area (Å²) in [4.78, 5) is 30.9. The Kier molecular flexibility index (Phi) is 15.5. The Bertz CT molecular complexity index is 3700. The highest BCUT2D eigenvalue weighted by Crippen LogP contribution is 2.45. The van der Waals surface area contributed by atoms with Gasteiger partial charge >= 0.3 is 0 Å². The maximum Gasteiger partial charge on any atom is 0.186 e. The highest BCUT2D eigenvalue weighted by molar-refractivity contribution is 8.12. The number of H-pyrrole nitrogens is 2. The number of fused-ring (bicyclic) bond motifs is 8. The van der Waals surface area contributed by atoms with Crippen LogP contribution in [0.2, 0.25) is 0 Å². The first-order chi connectivity index (χ1) is 36.7. The molecule has 0 atom stereocenters. The van der Waals surface area contributed by atoms with Crippen molar-refractivity contribution in [2.45, 2.75) is 146 Å². The second-order valence-corrected chi connectivity index (χ2v) is 24.0. The molecule has 2 aliphatic rings. The SMILES string of the molecule is CCC1=C(C)c2nc1cc1[nH]c(c(C)c1CC)c(-c1cc(C(C)(C)C)cc(C(C)(C)C)c1)c1[nH]c(cc3nc(c2-c2ccc(C#Cc4ccc(C#Cc5ccc(CSC(C)=O)cc5)cc4)cc2)C(C)=C3CC)c(CC)c1C. The van der Waals surface area contributed by atoms with Crippen LogP contribution in [0.5, 0.6) is 0 Å². The highest BCUT2D eigenvalue weighted by atomic mass is 32.2. The zero-order valence-electron chi connectivity index (χ0n) is 48.1. The van der Waals surface area contributed by atoms with Crippen molar-refractivity contribution in [3.05, 3.63) is 187 Å². The van der Waals surface area contributed by atoms with Gasteiger partial charge in [0.15, 0.2) is 5.12 Å². The minimum Gasteiger partial charge on any atom is -0.354 e. The van der Waals surface area contributed by atoms with Gasteiger partial charge in [0.2, 0.25) is 0 Å². The lowest BCUT2D eigenvalue weighted by atomic mass is 9.78. The van der Waals surface area contributed by atoms with Crippen molar-refractivity contribution in [1.82, 2.24) is 19.9 Å². The number of nitrogens with one attached hydrogen (secondary N) is 2. The van der Waals surface area contributed by atoms with Crippen LogP contribution in [-0.4, -0.2) is 25.1 Å². The number of hydrogen-bond acceptors (Lipinski definition) is 4. The van der Waals surface area contributed by atoms with Crippen molar-refractivity contribution in [3.63, 3.8) is 0 Å². The number of nitrogens with zero attached hydrogens (tertiary/aromatic N) is 2. The minimum absolute atomic E-state index is 0.0526. The van der Waals surface area contributed by atoms with E-state index >= 15 is 0 Å². The van der Waals surface area contributed by atoms with E-state index in [-0.39, 0.29) is 15.9 Å². The number of aryl methyl sites for hydroxylation is 4. The summed E-state index contributed by atoms with van der Waals surface area (Å²) in [5.74, 6) is 14.0. The van der Waals surface area contributed by atoms with E-state index in [1.54, 1.807) is 6.92 Å². The number of carbonyl (C=O) groups excluding carboxylic acids is 1. The fourth-order valence-corrected chi connectivity index (χ4v) is 11.6. The van der Waals surface area contributed by atoms with Gasteiger partial charge in [-0.2, -0.15) is 0 Å². The van der Waals surface area contributed by atoms with E-state index in [2.05, 4.69) is 185 Å². The van der Waals surface area contributed by atoms with Gasteiger partial charge in [0, 0.05) is 57.1 Å². The van der Waals surface area contributed by atoms with Gasteiger partial charge in [-0.15, -0.1) is 0 Å². The van der Waals surface area contributed by atoms with Gasteiger partial charge in [-0.3, -0.25) is 4.79 Å². The third-order valence-electron chi connectivity index (χ3n) is 15.6. The molecule has 2 N–H and O–H groups in total. The number of benzene rings is 4. The predicted octanol–water partition coefficient (Wildman–Crippen LogP) is 18.2. The average molecular weight is 1030 g/mol. The minimum atomic E-state index is -0.0526. The van der Waals surface area contributed by atoms with Gasteiger partial charge in [0.05, 0.1) is 33.8 Å². The van der Waals surface area contributed by atoms with E-state index in [0.717, 1.165) is 109 Å². The maximum atomic E-state index is 11.4. The molecule has 7 aromatic rings. The molecule has 6 heteroatoms. The molecule has 9 rings (SSSR count). The molecule has 0 spiro atoms. The first-order valence-electron chi connectivity index (χ1n) is 27.5. The zero-order valence-corrected chi connectivity index (χ0v) is 48.9. The summed E-state index contributed by atoms with van der Waals surface area (Å²) in [5, 5.41) is 0.122. The van der Waals surface area contributed by atoms with Crippen molar-refractivity contribution in [1.29, 1.82) is 0 Å². The van der Waals surface area contributed by atoms with Crippen LogP contribution in [0.3, 0.4) is 0 Å². The molecule has 3 aromatic heterocycles. The molecule has 0 saturated carbocycles. The average Bonchev–Trinajstić information content (AvgIpc) is 4.18. The van der Waals surface area contributed by atoms with Gasteiger partial charge in [0.25, 0.3) is 0 Å². The predicted molar refractivity (Wildman–Crippen MR) is 330 cm³/mol. The van der Waals surface area contributed by atoms with Crippen molar-refractivity contribution in [3.8, 4) is 45.9 Å². The van der Waals surface area contributed by atoms with Crippen molar-refractivity contribution < 1.29 is 4.79 Å². The molecule has 390 valence electrons. The summed E-state index contributed by atoms with van der Waals surface area (Å²) >= 11 is 1.32. The second-order valence-electron chi connectivity index (χ2n) is 22.8. The monoisotopic (exact) mass is 1030 g/mol. The quantitative estimate of drug-likeness (QED) is 0.149. The summed E-state index contributed by atoms with van der Waals surface area (Å²) < 4.78 is 0. The summed E-state index contributed by atoms with van der Waals surface area (Å²) in [7, 11) is 0. The summed E-state index contributed by atoms with van der Waals surface area (Å²) in [5.41, 5.74) is 30.3. The van der Waals surface area contributed by atoms with Crippen molar-refractivity contribution in [2.75, 3.05) is 0 Å². The van der Waals surface area contributed by atoms with Crippen LogP contribution in [0.1, 0.15) is 187 Å². The molecule has 2 aliphatic heterocycles. The van der Waals surface area contributed by atoms with E-state index in [1.807, 2.05) is 48.5 Å². The maximum absolute atomic E-state index is 11.4. The fraction of sp³-hybridized carbons (Fsp3) is 0.310. The summed E-state index contributed by atoms with van der Waals surface area (Å²) in [6.45, 7) is 33.7. The van der Waals surface area contributed by atoms with Gasteiger partial charge < -0.3 is 9.97 Å². The van der Waals surface area contributed by atoms with Crippen molar-refractivity contribution in [2.24, 2.45) is 0 Å². The lowest BCUT2D eigenvalue weighted by Crippen LogP contribution is -2.16. The molecular weight excluding hydrogens is 957 g/mol. The van der Waals surface area contributed by atoms with Crippen LogP contribution in [0, 0.1) is 37.5 Å². The van der Waals surface area contributed by atoms with E-state index in [0.29, 0.717) is 5.75 Å². The molecular formula is C71H74N4OS. The molecule has 77 heavy (non-hydrogen) atoms. The van der Waals surface area contributed by atoms with Crippen LogP contribution in [0.4, 0.5) is 0 Å². The first kappa shape index (κ1) is 54.4. The zero-order chi connectivity index (χ0) is 55.1. The number of aromatic amines is 2. The number of hydrogen-bond donors (Lipinski definition) is 2. The van der Waals surface area contributed by atoms with E-state index in [9.17, 15) is 4.79 Å². The van der Waals surface area contributed by atoms with Crippen LogP contribution >= 0.6 is 11.8 Å². The highest BCUT2D eigenvalue weighted by Gasteiger charge is 2.28. The fourth-order valence-electron chi connectivity index (χ4n) is 11.0. The molecule has 0 fully saturated rings. The third-order valence-corrected chi connectivity index (χ3v) is 16.5. The molecule has 4 aromatic carbocycles. The number of carbonyl (C=O) groups is 1. The number of thioether (sulfide) groups is 1. The summed E-state index contributed by atoms with van der Waals surface area (Å²) in [6.07, 6.45) is 3.43. The molecule has 5 nitrogen and oxygen atoms in total. The normalized spacial score (nSPS) is 12.7. The van der Waals surface area contributed by atoms with Crippen LogP contribution in [0.25, 0.3) is 66.6 Å². The lowest BCUT2D eigenvalue weighted by molar-refractivity contribution is -0.109. The Balaban J connectivity index is 1.22.